The fourth-order valence-electron chi connectivity index (χ4n) is 1.09. The predicted molar refractivity (Wildman–Crippen MR) is 40.0 cm³/mol. The molecule has 0 saturated carbocycles. The van der Waals surface area contributed by atoms with E-state index in [0.29, 0.717) is 6.73 Å². The molecule has 3 heteroatoms. The summed E-state index contributed by atoms with van der Waals surface area (Å²) in [5.74, 6) is 0.786. The summed E-state index contributed by atoms with van der Waals surface area (Å²) >= 11 is 0. The number of para-hydroxylation sites is 2. The van der Waals surface area contributed by atoms with Crippen molar-refractivity contribution in [1.82, 2.24) is 0 Å². The molecule has 1 aromatic rings. The van der Waals surface area contributed by atoms with E-state index in [2.05, 4.69) is 0 Å². The van der Waals surface area contributed by atoms with Gasteiger partial charge in [0.15, 0.2) is 12.9 Å². The van der Waals surface area contributed by atoms with Crippen molar-refractivity contribution in [3.8, 4) is 11.9 Å². The lowest BCUT2D eigenvalue weighted by atomic mass is 10.3. The Hall–Kier alpha value is -1.69. The predicted octanol–water partition coefficient (Wildman–Crippen LogP) is 1.32. The number of fused-ring (bicyclic) bond motifs is 1. The molecular weight excluding hydrogens is 140 g/mol. The van der Waals surface area contributed by atoms with Crippen LogP contribution >= 0.6 is 0 Å². The van der Waals surface area contributed by atoms with Gasteiger partial charge in [-0.1, -0.05) is 12.1 Å². The van der Waals surface area contributed by atoms with Gasteiger partial charge in [-0.15, -0.1) is 0 Å². The summed E-state index contributed by atoms with van der Waals surface area (Å²) in [5, 5.41) is 8.61. The van der Waals surface area contributed by atoms with Gasteiger partial charge in [-0.05, 0) is 12.1 Å². The van der Waals surface area contributed by atoms with Crippen LogP contribution in [0.5, 0.6) is 5.75 Å². The molecule has 1 heterocycles. The van der Waals surface area contributed by atoms with E-state index in [1.54, 1.807) is 0 Å². The van der Waals surface area contributed by atoms with Crippen molar-refractivity contribution in [2.24, 2.45) is 0 Å². The van der Waals surface area contributed by atoms with Gasteiger partial charge in [0.25, 0.3) is 0 Å². The van der Waals surface area contributed by atoms with Gasteiger partial charge in [-0.25, -0.2) is 4.90 Å². The Morgan fingerprint density at radius 1 is 1.45 bits per heavy atom. The number of rotatable bonds is 0. The average molecular weight is 146 g/mol. The van der Waals surface area contributed by atoms with Crippen LogP contribution in [0.25, 0.3) is 0 Å². The van der Waals surface area contributed by atoms with Crippen molar-refractivity contribution < 1.29 is 4.74 Å². The third-order valence-corrected chi connectivity index (χ3v) is 1.63. The van der Waals surface area contributed by atoms with E-state index in [4.69, 9.17) is 10.00 Å². The van der Waals surface area contributed by atoms with Crippen LogP contribution in [0.4, 0.5) is 5.69 Å². The minimum absolute atomic E-state index is 0.343. The lowest BCUT2D eigenvalue weighted by Gasteiger charge is -2.01. The van der Waals surface area contributed by atoms with Crippen molar-refractivity contribution in [2.75, 3.05) is 11.6 Å². The number of anilines is 1. The van der Waals surface area contributed by atoms with E-state index in [1.165, 1.54) is 4.90 Å². The van der Waals surface area contributed by atoms with Crippen molar-refractivity contribution in [3.63, 3.8) is 0 Å². The molecule has 0 unspecified atom stereocenters. The third kappa shape index (κ3) is 0.802. The normalized spacial score (nSPS) is 13.5. The van der Waals surface area contributed by atoms with E-state index in [1.807, 2.05) is 30.5 Å². The first-order valence-corrected chi connectivity index (χ1v) is 3.31. The van der Waals surface area contributed by atoms with E-state index >= 15 is 0 Å². The molecule has 1 aliphatic heterocycles. The maximum Gasteiger partial charge on any atom is 0.187 e. The van der Waals surface area contributed by atoms with Crippen LogP contribution in [0, 0.1) is 11.5 Å². The van der Waals surface area contributed by atoms with Crippen LogP contribution in [0.15, 0.2) is 24.3 Å². The summed E-state index contributed by atoms with van der Waals surface area (Å²) in [6.07, 6.45) is 2.03. The number of ether oxygens (including phenoxy) is 1. The Labute approximate surface area is 64.4 Å². The summed E-state index contributed by atoms with van der Waals surface area (Å²) in [4.78, 5) is 1.51. The van der Waals surface area contributed by atoms with Crippen LogP contribution in [0.3, 0.4) is 0 Å². The number of nitriles is 1. The highest BCUT2D eigenvalue weighted by Gasteiger charge is 2.18. The molecule has 3 nitrogen and oxygen atoms in total. The molecule has 11 heavy (non-hydrogen) atoms. The number of hydrogen-bond acceptors (Lipinski definition) is 3. The Kier molecular flexibility index (Phi) is 1.19. The standard InChI is InChI=1S/C8H6N2O/c9-5-10-6-11-8-4-2-1-3-7(8)10/h1-4H,6H2. The monoisotopic (exact) mass is 146 g/mol. The average Bonchev–Trinajstić information content (AvgIpc) is 2.47. The van der Waals surface area contributed by atoms with Crippen LogP contribution in [0.1, 0.15) is 0 Å². The molecule has 0 N–H and O–H groups in total. The highest BCUT2D eigenvalue weighted by atomic mass is 16.5. The first-order valence-electron chi connectivity index (χ1n) is 3.31. The molecule has 54 valence electrons. The van der Waals surface area contributed by atoms with Crippen LogP contribution < -0.4 is 9.64 Å². The quantitative estimate of drug-likeness (QED) is 0.518. The summed E-state index contributed by atoms with van der Waals surface area (Å²) in [7, 11) is 0. The summed E-state index contributed by atoms with van der Waals surface area (Å²) in [5.41, 5.74) is 0.856. The zero-order valence-electron chi connectivity index (χ0n) is 5.82. The topological polar surface area (TPSA) is 36.3 Å². The van der Waals surface area contributed by atoms with Gasteiger partial charge in [0.1, 0.15) is 5.75 Å². The summed E-state index contributed by atoms with van der Waals surface area (Å²) < 4.78 is 5.21. The van der Waals surface area contributed by atoms with Crippen molar-refractivity contribution in [1.29, 1.82) is 5.26 Å². The minimum atomic E-state index is 0.343. The SMILES string of the molecule is N#CN1COc2ccccc21. The van der Waals surface area contributed by atoms with Gasteiger partial charge in [0, 0.05) is 0 Å². The fourth-order valence-corrected chi connectivity index (χ4v) is 1.09. The Balaban J connectivity index is 2.49. The molecule has 0 atom stereocenters. The maximum atomic E-state index is 8.61. The summed E-state index contributed by atoms with van der Waals surface area (Å²) in [6, 6.07) is 7.50. The fraction of sp³-hybridized carbons (Fsp3) is 0.125. The minimum Gasteiger partial charge on any atom is -0.470 e. The van der Waals surface area contributed by atoms with Gasteiger partial charge in [0.05, 0.1) is 5.69 Å². The van der Waals surface area contributed by atoms with E-state index in [9.17, 15) is 0 Å². The second-order valence-corrected chi connectivity index (χ2v) is 2.27. The molecule has 0 fully saturated rings. The zero-order chi connectivity index (χ0) is 7.68. The molecular formula is C8H6N2O. The van der Waals surface area contributed by atoms with Crippen LogP contribution in [-0.4, -0.2) is 6.73 Å². The molecule has 1 aromatic carbocycles. The molecule has 0 aromatic heterocycles. The smallest absolute Gasteiger partial charge is 0.187 e. The van der Waals surface area contributed by atoms with Crippen molar-refractivity contribution in [3.05, 3.63) is 24.3 Å². The highest BCUT2D eigenvalue weighted by Crippen LogP contribution is 2.32. The molecule has 1 aliphatic rings. The van der Waals surface area contributed by atoms with Gasteiger partial charge in [0.2, 0.25) is 0 Å². The number of nitrogens with zero attached hydrogens (tertiary/aromatic N) is 2. The first-order chi connectivity index (χ1) is 5.42. The molecule has 0 radical (unpaired) electrons. The van der Waals surface area contributed by atoms with Gasteiger partial charge < -0.3 is 4.74 Å². The lowest BCUT2D eigenvalue weighted by molar-refractivity contribution is 0.358. The largest absolute Gasteiger partial charge is 0.470 e. The van der Waals surface area contributed by atoms with Crippen molar-refractivity contribution in [2.45, 2.75) is 0 Å². The number of benzene rings is 1. The van der Waals surface area contributed by atoms with Gasteiger partial charge >= 0.3 is 0 Å². The second-order valence-electron chi connectivity index (χ2n) is 2.27. The first kappa shape index (κ1) is 6.05. The zero-order valence-corrected chi connectivity index (χ0v) is 5.82. The Morgan fingerprint density at radius 2 is 2.27 bits per heavy atom. The molecule has 0 saturated heterocycles. The molecule has 0 spiro atoms. The second kappa shape index (κ2) is 2.17. The molecule has 2 rings (SSSR count). The van der Waals surface area contributed by atoms with Crippen LogP contribution in [0.2, 0.25) is 0 Å². The maximum absolute atomic E-state index is 8.61. The van der Waals surface area contributed by atoms with E-state index in [0.717, 1.165) is 11.4 Å². The molecule has 0 aliphatic carbocycles. The van der Waals surface area contributed by atoms with Crippen molar-refractivity contribution >= 4 is 5.69 Å². The Bertz CT molecular complexity index is 316. The van der Waals surface area contributed by atoms with Gasteiger partial charge in [-0.2, -0.15) is 5.26 Å². The third-order valence-electron chi connectivity index (χ3n) is 1.63. The van der Waals surface area contributed by atoms with Crippen LogP contribution in [-0.2, 0) is 0 Å². The number of hydrogen-bond donors (Lipinski definition) is 0. The highest BCUT2D eigenvalue weighted by molar-refractivity contribution is 5.63. The summed E-state index contributed by atoms with van der Waals surface area (Å²) in [6.45, 7) is 0.343. The molecule has 0 amide bonds. The van der Waals surface area contributed by atoms with E-state index < -0.39 is 0 Å². The van der Waals surface area contributed by atoms with Gasteiger partial charge in [-0.3, -0.25) is 0 Å². The van der Waals surface area contributed by atoms with E-state index in [-0.39, 0.29) is 0 Å². The molecule has 0 bridgehead atoms. The lowest BCUT2D eigenvalue weighted by Crippen LogP contribution is -2.14. The Morgan fingerprint density at radius 3 is 3.09 bits per heavy atom.